The van der Waals surface area contributed by atoms with Crippen LogP contribution in [0.2, 0.25) is 0 Å². The highest BCUT2D eigenvalue weighted by molar-refractivity contribution is 7.09. The van der Waals surface area contributed by atoms with Gasteiger partial charge in [0.2, 0.25) is 0 Å². The van der Waals surface area contributed by atoms with E-state index in [9.17, 15) is 4.79 Å². The average Bonchev–Trinajstić information content (AvgIpc) is 2.88. The standard InChI is InChI=1S/C13H21N3O2S/c1-13(2,3)18-12(17)15-10-4-5-16(7-10)8-11-6-14-9-19-11/h6,9-10H,4-5,7-8H2,1-3H3,(H,15,17)/t10-/m0/s1. The Bertz CT molecular complexity index is 414. The van der Waals surface area contributed by atoms with Crippen molar-refractivity contribution in [2.24, 2.45) is 0 Å². The lowest BCUT2D eigenvalue weighted by molar-refractivity contribution is 0.0506. The smallest absolute Gasteiger partial charge is 0.407 e. The minimum atomic E-state index is -0.439. The molecule has 1 aromatic heterocycles. The number of nitrogens with zero attached hydrogens (tertiary/aromatic N) is 2. The van der Waals surface area contributed by atoms with E-state index in [0.717, 1.165) is 26.1 Å². The number of carbonyl (C=O) groups excluding carboxylic acids is 1. The van der Waals surface area contributed by atoms with Gasteiger partial charge in [-0.05, 0) is 27.2 Å². The molecule has 0 unspecified atom stereocenters. The van der Waals surface area contributed by atoms with Gasteiger partial charge in [0.1, 0.15) is 5.60 Å². The van der Waals surface area contributed by atoms with E-state index < -0.39 is 5.60 Å². The number of hydrogen-bond acceptors (Lipinski definition) is 5. The first kappa shape index (κ1) is 14.3. The lowest BCUT2D eigenvalue weighted by Crippen LogP contribution is -2.40. The van der Waals surface area contributed by atoms with E-state index in [0.29, 0.717) is 0 Å². The zero-order chi connectivity index (χ0) is 13.9. The van der Waals surface area contributed by atoms with Crippen LogP contribution in [0.4, 0.5) is 4.79 Å². The van der Waals surface area contributed by atoms with Crippen LogP contribution in [-0.2, 0) is 11.3 Å². The van der Waals surface area contributed by atoms with Gasteiger partial charge in [0.15, 0.2) is 0 Å². The summed E-state index contributed by atoms with van der Waals surface area (Å²) in [5.74, 6) is 0. The Morgan fingerprint density at radius 3 is 3.05 bits per heavy atom. The van der Waals surface area contributed by atoms with E-state index in [-0.39, 0.29) is 12.1 Å². The summed E-state index contributed by atoms with van der Waals surface area (Å²) in [6.07, 6.45) is 2.55. The summed E-state index contributed by atoms with van der Waals surface area (Å²) in [7, 11) is 0. The number of thiazole rings is 1. The predicted octanol–water partition coefficient (Wildman–Crippen LogP) is 2.24. The SMILES string of the molecule is CC(C)(C)OC(=O)N[C@H]1CCN(Cc2cncs2)C1. The van der Waals surface area contributed by atoms with Crippen LogP contribution in [0.3, 0.4) is 0 Å². The second-order valence-electron chi connectivity index (χ2n) is 5.83. The lowest BCUT2D eigenvalue weighted by Gasteiger charge is -2.22. The van der Waals surface area contributed by atoms with Gasteiger partial charge in [0.25, 0.3) is 0 Å². The monoisotopic (exact) mass is 283 g/mol. The maximum absolute atomic E-state index is 11.7. The highest BCUT2D eigenvalue weighted by Gasteiger charge is 2.26. The zero-order valence-corrected chi connectivity index (χ0v) is 12.5. The predicted molar refractivity (Wildman–Crippen MR) is 75.2 cm³/mol. The molecule has 0 aromatic carbocycles. The maximum atomic E-state index is 11.7. The molecule has 0 saturated carbocycles. The number of hydrogen-bond donors (Lipinski definition) is 1. The molecule has 6 heteroatoms. The molecule has 5 nitrogen and oxygen atoms in total. The summed E-state index contributed by atoms with van der Waals surface area (Å²) in [6, 6.07) is 0.183. The average molecular weight is 283 g/mol. The topological polar surface area (TPSA) is 54.5 Å². The number of aromatic nitrogens is 1. The lowest BCUT2D eigenvalue weighted by atomic mass is 10.2. The van der Waals surface area contributed by atoms with Crippen LogP contribution in [-0.4, -0.2) is 40.7 Å². The third-order valence-electron chi connectivity index (χ3n) is 2.86. The quantitative estimate of drug-likeness (QED) is 0.924. The summed E-state index contributed by atoms with van der Waals surface area (Å²) in [4.78, 5) is 19.3. The minimum absolute atomic E-state index is 0.183. The number of ether oxygens (including phenoxy) is 1. The number of carbonyl (C=O) groups is 1. The largest absolute Gasteiger partial charge is 0.444 e. The first-order chi connectivity index (χ1) is 8.92. The molecule has 2 rings (SSSR count). The third-order valence-corrected chi connectivity index (χ3v) is 3.62. The molecule has 1 aromatic rings. The van der Waals surface area contributed by atoms with Crippen molar-refractivity contribution in [1.82, 2.24) is 15.2 Å². The Hall–Kier alpha value is -1.14. The van der Waals surface area contributed by atoms with Gasteiger partial charge in [-0.3, -0.25) is 9.88 Å². The molecule has 19 heavy (non-hydrogen) atoms. The summed E-state index contributed by atoms with van der Waals surface area (Å²) in [5, 5.41) is 2.93. The fourth-order valence-electron chi connectivity index (χ4n) is 2.11. The van der Waals surface area contributed by atoms with Crippen LogP contribution in [0, 0.1) is 0 Å². The van der Waals surface area contributed by atoms with Crippen molar-refractivity contribution in [2.45, 2.75) is 45.4 Å². The summed E-state index contributed by atoms with van der Waals surface area (Å²) < 4.78 is 5.26. The highest BCUT2D eigenvalue weighted by Crippen LogP contribution is 2.16. The molecule has 106 valence electrons. The van der Waals surface area contributed by atoms with E-state index in [1.807, 2.05) is 32.5 Å². The van der Waals surface area contributed by atoms with Gasteiger partial charge < -0.3 is 10.1 Å². The van der Waals surface area contributed by atoms with Crippen LogP contribution < -0.4 is 5.32 Å². The Morgan fingerprint density at radius 2 is 2.42 bits per heavy atom. The number of alkyl carbamates (subject to hydrolysis) is 1. The van der Waals surface area contributed by atoms with Gasteiger partial charge in [-0.15, -0.1) is 11.3 Å². The van der Waals surface area contributed by atoms with Gasteiger partial charge in [0, 0.05) is 36.8 Å². The first-order valence-electron chi connectivity index (χ1n) is 6.51. The molecule has 0 radical (unpaired) electrons. The van der Waals surface area contributed by atoms with E-state index >= 15 is 0 Å². The Morgan fingerprint density at radius 1 is 1.63 bits per heavy atom. The van der Waals surface area contributed by atoms with Crippen molar-refractivity contribution in [1.29, 1.82) is 0 Å². The van der Waals surface area contributed by atoms with E-state index in [1.165, 1.54) is 4.88 Å². The zero-order valence-electron chi connectivity index (χ0n) is 11.7. The second-order valence-corrected chi connectivity index (χ2v) is 6.81. The van der Waals surface area contributed by atoms with Crippen LogP contribution >= 0.6 is 11.3 Å². The van der Waals surface area contributed by atoms with Crippen molar-refractivity contribution in [3.63, 3.8) is 0 Å². The van der Waals surface area contributed by atoms with Crippen LogP contribution in [0.5, 0.6) is 0 Å². The molecule has 2 heterocycles. The number of amides is 1. The molecule has 0 bridgehead atoms. The van der Waals surface area contributed by atoms with Crippen LogP contribution in [0.1, 0.15) is 32.1 Å². The summed E-state index contributed by atoms with van der Waals surface area (Å²) in [5.41, 5.74) is 1.41. The fraction of sp³-hybridized carbons (Fsp3) is 0.692. The molecular formula is C13H21N3O2S. The van der Waals surface area contributed by atoms with Gasteiger partial charge >= 0.3 is 6.09 Å². The van der Waals surface area contributed by atoms with Crippen LogP contribution in [0.15, 0.2) is 11.7 Å². The van der Waals surface area contributed by atoms with Gasteiger partial charge in [-0.2, -0.15) is 0 Å². The van der Waals surface area contributed by atoms with Crippen molar-refractivity contribution >= 4 is 17.4 Å². The molecule has 1 N–H and O–H groups in total. The Balaban J connectivity index is 1.74. The minimum Gasteiger partial charge on any atom is -0.444 e. The number of rotatable bonds is 3. The van der Waals surface area contributed by atoms with E-state index in [4.69, 9.17) is 4.74 Å². The maximum Gasteiger partial charge on any atom is 0.407 e. The van der Waals surface area contributed by atoms with E-state index in [1.54, 1.807) is 11.3 Å². The molecule has 1 amide bonds. The molecular weight excluding hydrogens is 262 g/mol. The van der Waals surface area contributed by atoms with E-state index in [2.05, 4.69) is 15.2 Å². The first-order valence-corrected chi connectivity index (χ1v) is 7.39. The Kier molecular flexibility index (Phi) is 4.42. The van der Waals surface area contributed by atoms with Gasteiger partial charge in [-0.1, -0.05) is 0 Å². The summed E-state index contributed by atoms with van der Waals surface area (Å²) >= 11 is 1.67. The second kappa shape index (κ2) is 5.88. The molecule has 0 spiro atoms. The fourth-order valence-corrected chi connectivity index (χ4v) is 2.74. The van der Waals surface area contributed by atoms with Gasteiger partial charge in [-0.25, -0.2) is 4.79 Å². The molecule has 1 saturated heterocycles. The Labute approximate surface area is 118 Å². The van der Waals surface area contributed by atoms with Crippen molar-refractivity contribution in [3.05, 3.63) is 16.6 Å². The number of nitrogens with one attached hydrogen (secondary N) is 1. The molecule has 0 aliphatic carbocycles. The van der Waals surface area contributed by atoms with Crippen molar-refractivity contribution in [2.75, 3.05) is 13.1 Å². The van der Waals surface area contributed by atoms with Crippen molar-refractivity contribution < 1.29 is 9.53 Å². The molecule has 1 aliphatic heterocycles. The number of likely N-dealkylation sites (tertiary alicyclic amines) is 1. The summed E-state index contributed by atoms with van der Waals surface area (Å²) in [6.45, 7) is 8.40. The normalized spacial score (nSPS) is 20.5. The molecule has 1 atom stereocenters. The third kappa shape index (κ3) is 4.80. The highest BCUT2D eigenvalue weighted by atomic mass is 32.1. The van der Waals surface area contributed by atoms with Crippen LogP contribution in [0.25, 0.3) is 0 Å². The van der Waals surface area contributed by atoms with Crippen molar-refractivity contribution in [3.8, 4) is 0 Å². The van der Waals surface area contributed by atoms with Gasteiger partial charge in [0.05, 0.1) is 5.51 Å². The molecule has 1 fully saturated rings. The molecule has 1 aliphatic rings.